The van der Waals surface area contributed by atoms with Crippen LogP contribution in [-0.2, 0) is 0 Å². The highest BCUT2D eigenvalue weighted by atomic mass is 16.7. The third kappa shape index (κ3) is 1.72. The lowest BCUT2D eigenvalue weighted by atomic mass is 10.2. The number of anilines is 1. The molecule has 0 bridgehead atoms. The topological polar surface area (TPSA) is 40.2 Å². The third-order valence-electron chi connectivity index (χ3n) is 2.66. The molecule has 0 unspecified atom stereocenters. The van der Waals surface area contributed by atoms with Gasteiger partial charge in [-0.15, -0.1) is 0 Å². The van der Waals surface area contributed by atoms with Crippen LogP contribution in [0.15, 0.2) is 60.8 Å². The predicted molar refractivity (Wildman–Crippen MR) is 68.8 cm³/mol. The summed E-state index contributed by atoms with van der Waals surface area (Å²) in [5.74, 6) is 0.785. The summed E-state index contributed by atoms with van der Waals surface area (Å²) in [6, 6.07) is 17.4. The second-order valence-corrected chi connectivity index (χ2v) is 3.83. The number of hydrogen-bond donors (Lipinski definition) is 1. The Kier molecular flexibility index (Phi) is 2.22. The van der Waals surface area contributed by atoms with Crippen LogP contribution in [0.2, 0.25) is 0 Å². The van der Waals surface area contributed by atoms with Crippen LogP contribution in [0, 0.1) is 0 Å². The van der Waals surface area contributed by atoms with E-state index in [9.17, 15) is 0 Å². The van der Waals surface area contributed by atoms with E-state index in [-0.39, 0.29) is 0 Å². The number of para-hydroxylation sites is 2. The van der Waals surface area contributed by atoms with Gasteiger partial charge in [-0.25, -0.2) is 0 Å². The van der Waals surface area contributed by atoms with Crippen molar-refractivity contribution >= 4 is 16.6 Å². The van der Waals surface area contributed by atoms with Crippen molar-refractivity contribution in [2.75, 3.05) is 5.73 Å². The molecule has 0 amide bonds. The van der Waals surface area contributed by atoms with Crippen LogP contribution in [0.4, 0.5) is 5.69 Å². The van der Waals surface area contributed by atoms with Crippen LogP contribution in [0.1, 0.15) is 0 Å². The predicted octanol–water partition coefficient (Wildman–Crippen LogP) is 3.07. The van der Waals surface area contributed by atoms with E-state index in [0.717, 1.165) is 16.7 Å². The van der Waals surface area contributed by atoms with Gasteiger partial charge in [-0.2, -0.15) is 4.73 Å². The Bertz CT molecular complexity index is 644. The molecule has 0 aliphatic carbocycles. The van der Waals surface area contributed by atoms with Crippen molar-refractivity contribution < 1.29 is 4.84 Å². The number of hydrogen-bond acceptors (Lipinski definition) is 2. The minimum atomic E-state index is 0.712. The minimum absolute atomic E-state index is 0.712. The fourth-order valence-electron chi connectivity index (χ4n) is 1.86. The number of aromatic nitrogens is 1. The Balaban J connectivity index is 2.07. The summed E-state index contributed by atoms with van der Waals surface area (Å²) in [6.45, 7) is 0. The van der Waals surface area contributed by atoms with Gasteiger partial charge in [0.25, 0.3) is 0 Å². The van der Waals surface area contributed by atoms with Gasteiger partial charge >= 0.3 is 0 Å². The normalized spacial score (nSPS) is 10.6. The van der Waals surface area contributed by atoms with Gasteiger partial charge in [0.1, 0.15) is 5.52 Å². The van der Waals surface area contributed by atoms with Crippen LogP contribution in [0.3, 0.4) is 0 Å². The van der Waals surface area contributed by atoms with E-state index in [1.165, 1.54) is 0 Å². The minimum Gasteiger partial charge on any atom is -0.397 e. The smallest absolute Gasteiger partial charge is 0.155 e. The van der Waals surface area contributed by atoms with Gasteiger partial charge in [0.05, 0.1) is 5.69 Å². The summed E-state index contributed by atoms with van der Waals surface area (Å²) in [7, 11) is 0. The summed E-state index contributed by atoms with van der Waals surface area (Å²) in [6.07, 6.45) is 1.87. The van der Waals surface area contributed by atoms with Crippen LogP contribution in [0.5, 0.6) is 5.75 Å². The molecule has 0 radical (unpaired) electrons. The van der Waals surface area contributed by atoms with E-state index in [0.29, 0.717) is 5.69 Å². The lowest BCUT2D eigenvalue weighted by molar-refractivity contribution is 0.229. The fraction of sp³-hybridized carbons (Fsp3) is 0. The Morgan fingerprint density at radius 3 is 2.53 bits per heavy atom. The number of fused-ring (bicyclic) bond motifs is 1. The zero-order valence-corrected chi connectivity index (χ0v) is 9.21. The monoisotopic (exact) mass is 224 g/mol. The highest BCUT2D eigenvalue weighted by molar-refractivity contribution is 5.90. The highest BCUT2D eigenvalue weighted by Crippen LogP contribution is 2.23. The van der Waals surface area contributed by atoms with Gasteiger partial charge in [0.15, 0.2) is 5.75 Å². The van der Waals surface area contributed by atoms with Crippen molar-refractivity contribution in [3.63, 3.8) is 0 Å². The average molecular weight is 224 g/mol. The average Bonchev–Trinajstić information content (AvgIpc) is 2.75. The molecule has 1 aromatic heterocycles. The van der Waals surface area contributed by atoms with Crippen molar-refractivity contribution in [1.82, 2.24) is 4.73 Å². The summed E-state index contributed by atoms with van der Waals surface area (Å²) in [4.78, 5) is 5.75. The zero-order chi connectivity index (χ0) is 11.7. The molecule has 2 aromatic carbocycles. The summed E-state index contributed by atoms with van der Waals surface area (Å²) < 4.78 is 1.69. The largest absolute Gasteiger partial charge is 0.397 e. The quantitative estimate of drug-likeness (QED) is 0.679. The molecule has 0 atom stereocenters. The molecule has 0 aliphatic heterocycles. The van der Waals surface area contributed by atoms with E-state index < -0.39 is 0 Å². The molecule has 3 heteroatoms. The Morgan fingerprint density at radius 1 is 0.882 bits per heavy atom. The number of nitrogens with zero attached hydrogens (tertiary/aromatic N) is 1. The van der Waals surface area contributed by atoms with Gasteiger partial charge in [-0.3, -0.25) is 0 Å². The SMILES string of the molecule is Nc1cccc2ccn(Oc3ccccc3)c12. The molecule has 3 aromatic rings. The van der Waals surface area contributed by atoms with Crippen molar-refractivity contribution in [3.05, 3.63) is 60.8 Å². The second-order valence-electron chi connectivity index (χ2n) is 3.83. The maximum Gasteiger partial charge on any atom is 0.155 e. The molecule has 84 valence electrons. The summed E-state index contributed by atoms with van der Waals surface area (Å²) in [5.41, 5.74) is 7.57. The van der Waals surface area contributed by atoms with E-state index in [2.05, 4.69) is 0 Å². The molecule has 3 rings (SSSR count). The summed E-state index contributed by atoms with van der Waals surface area (Å²) >= 11 is 0. The molecule has 0 saturated heterocycles. The first-order valence-electron chi connectivity index (χ1n) is 5.43. The van der Waals surface area contributed by atoms with Crippen molar-refractivity contribution in [2.45, 2.75) is 0 Å². The van der Waals surface area contributed by atoms with Gasteiger partial charge in [-0.1, -0.05) is 30.3 Å². The molecule has 0 saturated carbocycles. The van der Waals surface area contributed by atoms with Crippen LogP contribution < -0.4 is 10.6 Å². The molecule has 1 heterocycles. The molecule has 3 nitrogen and oxygen atoms in total. The van der Waals surface area contributed by atoms with Crippen molar-refractivity contribution in [1.29, 1.82) is 0 Å². The first-order valence-corrected chi connectivity index (χ1v) is 5.43. The van der Waals surface area contributed by atoms with E-state index >= 15 is 0 Å². The van der Waals surface area contributed by atoms with E-state index in [4.69, 9.17) is 10.6 Å². The maximum atomic E-state index is 5.95. The standard InChI is InChI=1S/C14H12N2O/c15-13-8-4-5-11-9-10-16(14(11)13)17-12-6-2-1-3-7-12/h1-10H,15H2. The Hall–Kier alpha value is -2.42. The molecule has 0 spiro atoms. The first kappa shape index (κ1) is 9.78. The second kappa shape index (κ2) is 3.87. The molecular weight excluding hydrogens is 212 g/mol. The molecular formula is C14H12N2O. The molecule has 17 heavy (non-hydrogen) atoms. The van der Waals surface area contributed by atoms with Gasteiger partial charge in [-0.05, 0) is 24.3 Å². The summed E-state index contributed by atoms with van der Waals surface area (Å²) in [5, 5.41) is 1.07. The van der Waals surface area contributed by atoms with Gasteiger partial charge in [0.2, 0.25) is 0 Å². The molecule has 0 aliphatic rings. The third-order valence-corrected chi connectivity index (χ3v) is 2.66. The van der Waals surface area contributed by atoms with Crippen LogP contribution >= 0.6 is 0 Å². The van der Waals surface area contributed by atoms with Gasteiger partial charge in [0, 0.05) is 11.6 Å². The lowest BCUT2D eigenvalue weighted by Crippen LogP contribution is -2.04. The highest BCUT2D eigenvalue weighted by Gasteiger charge is 2.05. The van der Waals surface area contributed by atoms with E-state index in [1.54, 1.807) is 4.73 Å². The number of nitrogen functional groups attached to an aromatic ring is 1. The Labute approximate surface area is 99.0 Å². The lowest BCUT2D eigenvalue weighted by Gasteiger charge is -2.08. The van der Waals surface area contributed by atoms with Gasteiger partial charge < -0.3 is 10.6 Å². The van der Waals surface area contributed by atoms with Crippen molar-refractivity contribution in [3.8, 4) is 5.75 Å². The van der Waals surface area contributed by atoms with Crippen LogP contribution in [0.25, 0.3) is 10.9 Å². The maximum absolute atomic E-state index is 5.95. The fourth-order valence-corrected chi connectivity index (χ4v) is 1.86. The molecule has 0 fully saturated rings. The first-order chi connectivity index (χ1) is 8.34. The number of rotatable bonds is 2. The number of benzene rings is 2. The zero-order valence-electron chi connectivity index (χ0n) is 9.21. The van der Waals surface area contributed by atoms with E-state index in [1.807, 2.05) is 60.8 Å². The van der Waals surface area contributed by atoms with Crippen molar-refractivity contribution in [2.24, 2.45) is 0 Å². The molecule has 2 N–H and O–H groups in total. The number of nitrogens with two attached hydrogens (primary N) is 1. The van der Waals surface area contributed by atoms with Crippen LogP contribution in [-0.4, -0.2) is 4.73 Å². The Morgan fingerprint density at radius 2 is 1.71 bits per heavy atom.